The Hall–Kier alpha value is -1.39. The fraction of sp³-hybridized carbons (Fsp3) is 0.533. The zero-order valence-corrected chi connectivity index (χ0v) is 12.0. The van der Waals surface area contributed by atoms with Crippen LogP contribution in [0.3, 0.4) is 0 Å². The number of carbonyl (C=O) groups is 1. The highest BCUT2D eigenvalue weighted by Gasteiger charge is 2.49. The van der Waals surface area contributed by atoms with Crippen molar-refractivity contribution < 1.29 is 19.0 Å². The maximum absolute atomic E-state index is 10.9. The number of carbonyl (C=O) groups excluding carboxylic acids is 1. The zero-order valence-electron chi connectivity index (χ0n) is 12.0. The summed E-state index contributed by atoms with van der Waals surface area (Å²) in [7, 11) is 0. The van der Waals surface area contributed by atoms with Crippen LogP contribution in [0.2, 0.25) is 0 Å². The van der Waals surface area contributed by atoms with Gasteiger partial charge in [0.25, 0.3) is 0 Å². The Bertz CT molecular complexity index is 457. The van der Waals surface area contributed by atoms with Crippen molar-refractivity contribution in [2.45, 2.75) is 52.1 Å². The van der Waals surface area contributed by atoms with Gasteiger partial charge < -0.3 is 14.2 Å². The molecule has 4 heteroatoms. The number of hydrogen-bond donors (Lipinski definition) is 0. The lowest BCUT2D eigenvalue weighted by atomic mass is 9.90. The van der Waals surface area contributed by atoms with Gasteiger partial charge in [-0.2, -0.15) is 0 Å². The van der Waals surface area contributed by atoms with E-state index in [1.807, 2.05) is 39.8 Å². The molecule has 1 aromatic rings. The Balaban J connectivity index is 2.14. The minimum atomic E-state index is -0.392. The number of ether oxygens (including phenoxy) is 3. The van der Waals surface area contributed by atoms with E-state index in [9.17, 15) is 4.79 Å². The summed E-state index contributed by atoms with van der Waals surface area (Å²) in [4.78, 5) is 10.9. The van der Waals surface area contributed by atoms with Crippen molar-refractivity contribution in [3.8, 4) is 5.75 Å². The Kier molecular flexibility index (Phi) is 3.41. The molecule has 1 heterocycles. The summed E-state index contributed by atoms with van der Waals surface area (Å²) in [5.74, 6) is 0.191. The average Bonchev–Trinajstić information content (AvgIpc) is 2.48. The van der Waals surface area contributed by atoms with E-state index < -0.39 is 6.29 Å². The van der Waals surface area contributed by atoms with Crippen LogP contribution >= 0.6 is 0 Å². The maximum atomic E-state index is 10.9. The molecule has 0 saturated carbocycles. The molecule has 1 aliphatic rings. The standard InChI is InChI=1S/C15H20O4/c1-10(16)17-12-8-6-11(7-9-12)13-18-14(2,3)15(4,5)19-13/h6-9,13H,1-5H3. The second kappa shape index (κ2) is 4.62. The van der Waals surface area contributed by atoms with Crippen molar-refractivity contribution >= 4 is 5.97 Å². The molecule has 1 aromatic carbocycles. The molecule has 0 radical (unpaired) electrons. The van der Waals surface area contributed by atoms with E-state index in [2.05, 4.69) is 0 Å². The lowest BCUT2D eigenvalue weighted by Crippen LogP contribution is -2.41. The molecule has 0 unspecified atom stereocenters. The third-order valence-electron chi connectivity index (χ3n) is 3.67. The van der Waals surface area contributed by atoms with Crippen molar-refractivity contribution in [1.29, 1.82) is 0 Å². The first-order valence-electron chi connectivity index (χ1n) is 6.35. The van der Waals surface area contributed by atoms with Gasteiger partial charge in [-0.05, 0) is 39.8 Å². The zero-order chi connectivity index (χ0) is 14.3. The monoisotopic (exact) mass is 264 g/mol. The van der Waals surface area contributed by atoms with Crippen LogP contribution in [0.25, 0.3) is 0 Å². The number of hydrogen-bond acceptors (Lipinski definition) is 4. The van der Waals surface area contributed by atoms with Crippen LogP contribution in [-0.4, -0.2) is 17.2 Å². The van der Waals surface area contributed by atoms with Crippen LogP contribution in [0.15, 0.2) is 24.3 Å². The Morgan fingerprint density at radius 1 is 1.05 bits per heavy atom. The smallest absolute Gasteiger partial charge is 0.308 e. The predicted molar refractivity (Wildman–Crippen MR) is 70.8 cm³/mol. The highest BCUT2D eigenvalue weighted by Crippen LogP contribution is 2.44. The number of esters is 1. The first kappa shape index (κ1) is 14.0. The molecule has 0 N–H and O–H groups in total. The van der Waals surface area contributed by atoms with Crippen LogP contribution in [0, 0.1) is 0 Å². The summed E-state index contributed by atoms with van der Waals surface area (Å²) < 4.78 is 16.9. The van der Waals surface area contributed by atoms with Crippen LogP contribution in [0.1, 0.15) is 46.5 Å². The molecule has 0 amide bonds. The molecule has 0 atom stereocenters. The fourth-order valence-electron chi connectivity index (χ4n) is 1.84. The van der Waals surface area contributed by atoms with Gasteiger partial charge in [0.2, 0.25) is 0 Å². The third kappa shape index (κ3) is 2.80. The highest BCUT2D eigenvalue weighted by atomic mass is 16.7. The van der Waals surface area contributed by atoms with Crippen LogP contribution in [0.4, 0.5) is 0 Å². The van der Waals surface area contributed by atoms with E-state index in [1.54, 1.807) is 12.1 Å². The summed E-state index contributed by atoms with van der Waals surface area (Å²) in [6.07, 6.45) is -0.392. The molecule has 19 heavy (non-hydrogen) atoms. The molecule has 4 nitrogen and oxygen atoms in total. The van der Waals surface area contributed by atoms with Gasteiger partial charge >= 0.3 is 5.97 Å². The van der Waals surface area contributed by atoms with Crippen LogP contribution in [-0.2, 0) is 14.3 Å². The Morgan fingerprint density at radius 2 is 1.53 bits per heavy atom. The van der Waals surface area contributed by atoms with E-state index in [1.165, 1.54) is 6.92 Å². The van der Waals surface area contributed by atoms with Crippen LogP contribution < -0.4 is 4.74 Å². The molecule has 0 bridgehead atoms. The Labute approximate surface area is 113 Å². The predicted octanol–water partition coefficient (Wildman–Crippen LogP) is 3.21. The third-order valence-corrected chi connectivity index (χ3v) is 3.67. The summed E-state index contributed by atoms with van der Waals surface area (Å²) in [6.45, 7) is 9.43. The van der Waals surface area contributed by atoms with Gasteiger partial charge in [0.1, 0.15) is 5.75 Å². The van der Waals surface area contributed by atoms with Crippen molar-refractivity contribution in [3.05, 3.63) is 29.8 Å². The number of rotatable bonds is 2. The summed E-state index contributed by atoms with van der Waals surface area (Å²) >= 11 is 0. The molecule has 1 fully saturated rings. The first-order chi connectivity index (χ1) is 8.71. The van der Waals surface area contributed by atoms with Crippen molar-refractivity contribution in [3.63, 3.8) is 0 Å². The maximum Gasteiger partial charge on any atom is 0.308 e. The highest BCUT2D eigenvalue weighted by molar-refractivity contribution is 5.69. The molecular formula is C15H20O4. The lowest BCUT2D eigenvalue weighted by molar-refractivity contribution is -0.131. The van der Waals surface area contributed by atoms with Gasteiger partial charge in [0, 0.05) is 12.5 Å². The Morgan fingerprint density at radius 3 is 1.95 bits per heavy atom. The molecule has 0 spiro atoms. The van der Waals surface area contributed by atoms with E-state index in [-0.39, 0.29) is 17.2 Å². The minimum Gasteiger partial charge on any atom is -0.427 e. The van der Waals surface area contributed by atoms with Gasteiger partial charge in [0.05, 0.1) is 11.2 Å². The molecule has 104 valence electrons. The van der Waals surface area contributed by atoms with Gasteiger partial charge in [-0.1, -0.05) is 12.1 Å². The van der Waals surface area contributed by atoms with E-state index in [0.29, 0.717) is 5.75 Å². The molecular weight excluding hydrogens is 244 g/mol. The lowest BCUT2D eigenvalue weighted by Gasteiger charge is -2.30. The normalized spacial score (nSPS) is 21.3. The first-order valence-corrected chi connectivity index (χ1v) is 6.35. The van der Waals surface area contributed by atoms with Crippen molar-refractivity contribution in [2.75, 3.05) is 0 Å². The topological polar surface area (TPSA) is 44.8 Å². The van der Waals surface area contributed by atoms with E-state index >= 15 is 0 Å². The number of benzene rings is 1. The summed E-state index contributed by atoms with van der Waals surface area (Å²) in [5, 5.41) is 0. The van der Waals surface area contributed by atoms with Gasteiger partial charge in [0.15, 0.2) is 6.29 Å². The molecule has 0 aliphatic carbocycles. The molecule has 1 saturated heterocycles. The molecule has 0 aromatic heterocycles. The molecule has 1 aliphatic heterocycles. The average molecular weight is 264 g/mol. The molecule has 2 rings (SSSR count). The minimum absolute atomic E-state index is 0.330. The van der Waals surface area contributed by atoms with Gasteiger partial charge in [-0.15, -0.1) is 0 Å². The van der Waals surface area contributed by atoms with Gasteiger partial charge in [-0.25, -0.2) is 0 Å². The quantitative estimate of drug-likeness (QED) is 0.607. The van der Waals surface area contributed by atoms with Gasteiger partial charge in [-0.3, -0.25) is 4.79 Å². The van der Waals surface area contributed by atoms with E-state index in [0.717, 1.165) is 5.56 Å². The van der Waals surface area contributed by atoms with E-state index in [4.69, 9.17) is 14.2 Å². The van der Waals surface area contributed by atoms with Crippen LogP contribution in [0.5, 0.6) is 5.75 Å². The SMILES string of the molecule is CC(=O)Oc1ccc(C2OC(C)(C)C(C)(C)O2)cc1. The second-order valence-electron chi connectivity index (χ2n) is 5.75. The van der Waals surface area contributed by atoms with Crippen molar-refractivity contribution in [2.24, 2.45) is 0 Å². The summed E-state index contributed by atoms with van der Waals surface area (Å²) in [5.41, 5.74) is 0.202. The largest absolute Gasteiger partial charge is 0.427 e. The summed E-state index contributed by atoms with van der Waals surface area (Å²) in [6, 6.07) is 7.17. The fourth-order valence-corrected chi connectivity index (χ4v) is 1.84. The second-order valence-corrected chi connectivity index (χ2v) is 5.75. The van der Waals surface area contributed by atoms with Crippen molar-refractivity contribution in [1.82, 2.24) is 0 Å².